The Morgan fingerprint density at radius 2 is 2.00 bits per heavy atom. The van der Waals surface area contributed by atoms with E-state index in [2.05, 4.69) is 22.5 Å². The molecule has 0 aliphatic heterocycles. The van der Waals surface area contributed by atoms with Crippen molar-refractivity contribution in [3.63, 3.8) is 0 Å². The molecule has 0 radical (unpaired) electrons. The summed E-state index contributed by atoms with van der Waals surface area (Å²) >= 11 is 5.98. The van der Waals surface area contributed by atoms with E-state index in [4.69, 9.17) is 11.6 Å². The summed E-state index contributed by atoms with van der Waals surface area (Å²) in [6, 6.07) is 3.66. The molecule has 1 amide bonds. The van der Waals surface area contributed by atoms with Gasteiger partial charge in [-0.3, -0.25) is 4.79 Å². The number of nitrogens with one attached hydrogen (secondary N) is 2. The van der Waals surface area contributed by atoms with Crippen LogP contribution in [0.1, 0.15) is 56.3 Å². The molecule has 0 spiro atoms. The SMILES string of the molecule is CCNc1cc(C(=O)NC2CCC(CC)CC2)cc(Cl)n1. The summed E-state index contributed by atoms with van der Waals surface area (Å²) in [5, 5.41) is 6.55. The third-order valence-electron chi connectivity index (χ3n) is 4.17. The highest BCUT2D eigenvalue weighted by molar-refractivity contribution is 6.29. The van der Waals surface area contributed by atoms with Crippen LogP contribution >= 0.6 is 11.6 Å². The summed E-state index contributed by atoms with van der Waals surface area (Å²) in [6.45, 7) is 4.97. The molecule has 2 N–H and O–H groups in total. The Balaban J connectivity index is 1.97. The van der Waals surface area contributed by atoms with Crippen molar-refractivity contribution >= 4 is 23.3 Å². The van der Waals surface area contributed by atoms with E-state index >= 15 is 0 Å². The van der Waals surface area contributed by atoms with Crippen LogP contribution < -0.4 is 10.6 Å². The third-order valence-corrected chi connectivity index (χ3v) is 4.37. The van der Waals surface area contributed by atoms with Crippen LogP contribution in [0.15, 0.2) is 12.1 Å². The summed E-state index contributed by atoms with van der Waals surface area (Å²) in [5.74, 6) is 1.41. The minimum Gasteiger partial charge on any atom is -0.370 e. The van der Waals surface area contributed by atoms with Crippen LogP contribution in [0.2, 0.25) is 5.15 Å². The zero-order valence-electron chi connectivity index (χ0n) is 12.8. The van der Waals surface area contributed by atoms with E-state index in [1.165, 1.54) is 19.3 Å². The smallest absolute Gasteiger partial charge is 0.251 e. The van der Waals surface area contributed by atoms with Crippen molar-refractivity contribution in [2.75, 3.05) is 11.9 Å². The Morgan fingerprint density at radius 3 is 2.62 bits per heavy atom. The molecule has 2 rings (SSSR count). The highest BCUT2D eigenvalue weighted by Crippen LogP contribution is 2.26. The van der Waals surface area contributed by atoms with Crippen LogP contribution in [0, 0.1) is 5.92 Å². The van der Waals surface area contributed by atoms with E-state index in [9.17, 15) is 4.79 Å². The molecular weight excluding hydrogens is 286 g/mol. The number of carbonyl (C=O) groups excluding carboxylic acids is 1. The normalized spacial score (nSPS) is 21.9. The molecule has 0 bridgehead atoms. The summed E-state index contributed by atoms with van der Waals surface area (Å²) in [7, 11) is 0. The minimum atomic E-state index is -0.0570. The molecule has 5 heteroatoms. The second kappa shape index (κ2) is 7.64. The van der Waals surface area contributed by atoms with Gasteiger partial charge in [-0.05, 0) is 50.7 Å². The Labute approximate surface area is 131 Å². The lowest BCUT2D eigenvalue weighted by Gasteiger charge is -2.28. The van der Waals surface area contributed by atoms with Crippen LogP contribution in [0.25, 0.3) is 0 Å². The first kappa shape index (κ1) is 16.1. The van der Waals surface area contributed by atoms with Crippen LogP contribution in [-0.2, 0) is 0 Å². The fraction of sp³-hybridized carbons (Fsp3) is 0.625. The lowest BCUT2D eigenvalue weighted by molar-refractivity contribution is 0.0921. The van der Waals surface area contributed by atoms with Gasteiger partial charge in [0.25, 0.3) is 5.91 Å². The minimum absolute atomic E-state index is 0.0570. The average Bonchev–Trinajstić information content (AvgIpc) is 2.48. The van der Waals surface area contributed by atoms with Crippen molar-refractivity contribution in [3.8, 4) is 0 Å². The van der Waals surface area contributed by atoms with Gasteiger partial charge in [0.2, 0.25) is 0 Å². The number of aromatic nitrogens is 1. The highest BCUT2D eigenvalue weighted by Gasteiger charge is 2.22. The average molecular weight is 310 g/mol. The second-order valence-electron chi connectivity index (χ2n) is 5.69. The first-order chi connectivity index (χ1) is 10.1. The number of anilines is 1. The maximum absolute atomic E-state index is 12.3. The summed E-state index contributed by atoms with van der Waals surface area (Å²) in [5.41, 5.74) is 0.573. The van der Waals surface area contributed by atoms with E-state index in [0.29, 0.717) is 16.5 Å². The largest absolute Gasteiger partial charge is 0.370 e. The van der Waals surface area contributed by atoms with Gasteiger partial charge in [-0.2, -0.15) is 0 Å². The number of nitrogens with zero attached hydrogens (tertiary/aromatic N) is 1. The van der Waals surface area contributed by atoms with Crippen molar-refractivity contribution in [1.82, 2.24) is 10.3 Å². The van der Waals surface area contributed by atoms with E-state index in [0.717, 1.165) is 25.3 Å². The van der Waals surface area contributed by atoms with Gasteiger partial charge in [0.1, 0.15) is 11.0 Å². The van der Waals surface area contributed by atoms with Crippen molar-refractivity contribution in [2.45, 2.75) is 52.0 Å². The Kier molecular flexibility index (Phi) is 5.85. The summed E-state index contributed by atoms with van der Waals surface area (Å²) < 4.78 is 0. The van der Waals surface area contributed by atoms with E-state index in [1.807, 2.05) is 6.92 Å². The van der Waals surface area contributed by atoms with E-state index in [1.54, 1.807) is 12.1 Å². The topological polar surface area (TPSA) is 54.0 Å². The first-order valence-electron chi connectivity index (χ1n) is 7.84. The van der Waals surface area contributed by atoms with Gasteiger partial charge < -0.3 is 10.6 Å². The van der Waals surface area contributed by atoms with Gasteiger partial charge in [0.05, 0.1) is 0 Å². The highest BCUT2D eigenvalue weighted by atomic mass is 35.5. The number of rotatable bonds is 5. The van der Waals surface area contributed by atoms with Gasteiger partial charge in [-0.1, -0.05) is 24.9 Å². The lowest BCUT2D eigenvalue weighted by Crippen LogP contribution is -2.37. The zero-order chi connectivity index (χ0) is 15.2. The number of carbonyl (C=O) groups is 1. The van der Waals surface area contributed by atoms with Crippen LogP contribution in [0.4, 0.5) is 5.82 Å². The molecule has 1 heterocycles. The molecule has 0 saturated heterocycles. The van der Waals surface area contributed by atoms with Crippen molar-refractivity contribution in [1.29, 1.82) is 0 Å². The maximum atomic E-state index is 12.3. The van der Waals surface area contributed by atoms with Crippen molar-refractivity contribution < 1.29 is 4.79 Å². The number of hydrogen-bond acceptors (Lipinski definition) is 3. The molecule has 1 saturated carbocycles. The standard InChI is InChI=1S/C16H24ClN3O/c1-3-11-5-7-13(8-6-11)19-16(21)12-9-14(17)20-15(10-12)18-4-2/h9-11,13H,3-8H2,1-2H3,(H,18,20)(H,19,21). The lowest BCUT2D eigenvalue weighted by atomic mass is 9.84. The predicted molar refractivity (Wildman–Crippen MR) is 86.9 cm³/mol. The van der Waals surface area contributed by atoms with E-state index < -0.39 is 0 Å². The molecule has 0 aromatic carbocycles. The first-order valence-corrected chi connectivity index (χ1v) is 8.22. The molecule has 1 aromatic rings. The zero-order valence-corrected chi connectivity index (χ0v) is 13.5. The van der Waals surface area contributed by atoms with Crippen LogP contribution in [-0.4, -0.2) is 23.5 Å². The molecule has 4 nitrogen and oxygen atoms in total. The maximum Gasteiger partial charge on any atom is 0.251 e. The second-order valence-corrected chi connectivity index (χ2v) is 6.08. The number of amides is 1. The van der Waals surface area contributed by atoms with Crippen LogP contribution in [0.3, 0.4) is 0 Å². The number of hydrogen-bond donors (Lipinski definition) is 2. The van der Waals surface area contributed by atoms with Crippen LogP contribution in [0.5, 0.6) is 0 Å². The van der Waals surface area contributed by atoms with Gasteiger partial charge in [-0.25, -0.2) is 4.98 Å². The Hall–Kier alpha value is -1.29. The van der Waals surface area contributed by atoms with Gasteiger partial charge in [0, 0.05) is 18.2 Å². The molecule has 0 unspecified atom stereocenters. The van der Waals surface area contributed by atoms with Crippen molar-refractivity contribution in [2.24, 2.45) is 5.92 Å². The number of pyridine rings is 1. The Morgan fingerprint density at radius 1 is 1.29 bits per heavy atom. The van der Waals surface area contributed by atoms with Gasteiger partial charge in [0.15, 0.2) is 0 Å². The van der Waals surface area contributed by atoms with Crippen molar-refractivity contribution in [3.05, 3.63) is 22.8 Å². The Bertz CT molecular complexity index is 484. The molecule has 1 fully saturated rings. The fourth-order valence-electron chi connectivity index (χ4n) is 2.88. The summed E-state index contributed by atoms with van der Waals surface area (Å²) in [6.07, 6.45) is 5.81. The molecule has 21 heavy (non-hydrogen) atoms. The molecular formula is C16H24ClN3O. The molecule has 1 aliphatic rings. The predicted octanol–water partition coefficient (Wildman–Crippen LogP) is 3.87. The monoisotopic (exact) mass is 309 g/mol. The molecule has 1 aliphatic carbocycles. The molecule has 1 aromatic heterocycles. The van der Waals surface area contributed by atoms with E-state index in [-0.39, 0.29) is 11.9 Å². The number of halogens is 1. The molecule has 0 atom stereocenters. The fourth-order valence-corrected chi connectivity index (χ4v) is 3.09. The molecule has 116 valence electrons. The third kappa shape index (κ3) is 4.60. The summed E-state index contributed by atoms with van der Waals surface area (Å²) in [4.78, 5) is 16.5. The van der Waals surface area contributed by atoms with Gasteiger partial charge in [-0.15, -0.1) is 0 Å². The van der Waals surface area contributed by atoms with Gasteiger partial charge >= 0.3 is 0 Å². The quantitative estimate of drug-likeness (QED) is 0.812.